The summed E-state index contributed by atoms with van der Waals surface area (Å²) in [5, 5.41) is 2.65. The fourth-order valence-corrected chi connectivity index (χ4v) is 3.70. The molecule has 0 spiro atoms. The zero-order chi connectivity index (χ0) is 28.1. The van der Waals surface area contributed by atoms with Gasteiger partial charge in [-0.15, -0.1) is 0 Å². The third kappa shape index (κ3) is 8.01. The zero-order valence-electron chi connectivity index (χ0n) is 21.5. The van der Waals surface area contributed by atoms with Crippen LogP contribution in [-0.4, -0.2) is 71.6 Å². The number of pyridine rings is 2. The van der Waals surface area contributed by atoms with Gasteiger partial charge in [0.2, 0.25) is 11.8 Å². The van der Waals surface area contributed by atoms with Gasteiger partial charge in [0, 0.05) is 31.4 Å². The number of likely N-dealkylation sites (tertiary alicyclic amines) is 1. The number of ether oxygens (including phenoxy) is 3. The van der Waals surface area contributed by atoms with Crippen molar-refractivity contribution in [3.63, 3.8) is 0 Å². The summed E-state index contributed by atoms with van der Waals surface area (Å²) >= 11 is 0. The fourth-order valence-electron chi connectivity index (χ4n) is 3.70. The Morgan fingerprint density at radius 3 is 2.47 bits per heavy atom. The average Bonchev–Trinajstić information content (AvgIpc) is 3.23. The summed E-state index contributed by atoms with van der Waals surface area (Å²) < 4.78 is 68.7. The van der Waals surface area contributed by atoms with Crippen LogP contribution >= 0.6 is 0 Å². The molecule has 0 saturated carbocycles. The molecule has 3 heterocycles. The van der Waals surface area contributed by atoms with Crippen molar-refractivity contribution in [3.8, 4) is 17.0 Å². The second-order valence-corrected chi connectivity index (χ2v) is 9.66. The molecule has 2 atom stereocenters. The number of alkyl halides is 4. The summed E-state index contributed by atoms with van der Waals surface area (Å²) in [7, 11) is 1.49. The molecular formula is C25H30F4N4O5. The highest BCUT2D eigenvalue weighted by Gasteiger charge is 2.41. The largest absolute Gasteiger partial charge is 0.475 e. The Kier molecular flexibility index (Phi) is 9.13. The van der Waals surface area contributed by atoms with E-state index < -0.39 is 41.7 Å². The first-order valence-electron chi connectivity index (χ1n) is 11.8. The predicted octanol–water partition coefficient (Wildman–Crippen LogP) is 4.15. The number of nitrogens with zero attached hydrogens (tertiary/aromatic N) is 3. The number of rotatable bonds is 8. The van der Waals surface area contributed by atoms with E-state index in [1.54, 1.807) is 26.8 Å². The normalized spacial score (nSPS) is 17.8. The zero-order valence-corrected chi connectivity index (χ0v) is 21.5. The van der Waals surface area contributed by atoms with Crippen LogP contribution in [0, 0.1) is 0 Å². The molecule has 1 aliphatic rings. The van der Waals surface area contributed by atoms with E-state index in [4.69, 9.17) is 14.2 Å². The lowest BCUT2D eigenvalue weighted by Gasteiger charge is -2.27. The standard InChI is InChI=1S/C25H30F4N4O5/c1-24(2,3)38-23(35)33-14-17(26)11-19(33)22(34)31-13-18-9-16(10-21(32-18)37-8-7-36-4)15-5-6-20(30-12-15)25(27,28)29/h5-6,9-10,12,17,19H,7-8,11,13-14H2,1-4H3,(H,31,34)/t17-,19+/m1/s1. The molecule has 2 aromatic heterocycles. The molecule has 0 aliphatic carbocycles. The maximum Gasteiger partial charge on any atom is 0.433 e. The van der Waals surface area contributed by atoms with E-state index in [2.05, 4.69) is 15.3 Å². The number of hydrogen-bond donors (Lipinski definition) is 1. The Morgan fingerprint density at radius 1 is 1.13 bits per heavy atom. The third-order valence-electron chi connectivity index (χ3n) is 5.40. The van der Waals surface area contributed by atoms with Gasteiger partial charge in [-0.3, -0.25) is 14.7 Å². The molecule has 0 unspecified atom stereocenters. The summed E-state index contributed by atoms with van der Waals surface area (Å²) in [6, 6.07) is 4.15. The number of aromatic nitrogens is 2. The summed E-state index contributed by atoms with van der Waals surface area (Å²) in [5.41, 5.74) is -0.698. The van der Waals surface area contributed by atoms with Gasteiger partial charge in [0.05, 0.1) is 25.4 Å². The molecule has 0 radical (unpaired) electrons. The minimum atomic E-state index is -4.58. The molecule has 208 valence electrons. The molecule has 38 heavy (non-hydrogen) atoms. The molecule has 2 aromatic rings. The van der Waals surface area contributed by atoms with Crippen LogP contribution in [0.1, 0.15) is 38.6 Å². The summed E-state index contributed by atoms with van der Waals surface area (Å²) in [6.45, 7) is 5.05. The highest BCUT2D eigenvalue weighted by atomic mass is 19.4. The lowest BCUT2D eigenvalue weighted by Crippen LogP contribution is -2.47. The Balaban J connectivity index is 1.78. The average molecular weight is 543 g/mol. The second kappa shape index (κ2) is 11.9. The number of carbonyl (C=O) groups is 2. The van der Waals surface area contributed by atoms with E-state index in [1.807, 2.05) is 0 Å². The summed E-state index contributed by atoms with van der Waals surface area (Å²) in [6.07, 6.45) is -5.85. The SMILES string of the molecule is COCCOc1cc(-c2ccc(C(F)(F)F)nc2)cc(CNC(=O)[C@@H]2C[C@@H](F)CN2C(=O)OC(C)(C)C)n1. The van der Waals surface area contributed by atoms with Gasteiger partial charge in [-0.1, -0.05) is 6.07 Å². The van der Waals surface area contributed by atoms with Crippen molar-refractivity contribution < 1.29 is 41.4 Å². The van der Waals surface area contributed by atoms with Crippen molar-refractivity contribution in [2.75, 3.05) is 26.9 Å². The molecule has 1 fully saturated rings. The predicted molar refractivity (Wildman–Crippen MR) is 128 cm³/mol. The minimum absolute atomic E-state index is 0.114. The van der Waals surface area contributed by atoms with Gasteiger partial charge < -0.3 is 19.5 Å². The third-order valence-corrected chi connectivity index (χ3v) is 5.40. The molecule has 1 saturated heterocycles. The molecule has 9 nitrogen and oxygen atoms in total. The number of nitrogens with one attached hydrogen (secondary N) is 1. The molecule has 0 bridgehead atoms. The molecule has 0 aromatic carbocycles. The van der Waals surface area contributed by atoms with Crippen molar-refractivity contribution in [3.05, 3.63) is 41.9 Å². The summed E-state index contributed by atoms with van der Waals surface area (Å²) in [4.78, 5) is 34.3. The lowest BCUT2D eigenvalue weighted by atomic mass is 10.1. The molecule has 13 heteroatoms. The Hall–Kier alpha value is -3.48. The van der Waals surface area contributed by atoms with E-state index >= 15 is 0 Å². The van der Waals surface area contributed by atoms with Crippen LogP contribution in [0.15, 0.2) is 30.5 Å². The molecule has 2 amide bonds. The fraction of sp³-hybridized carbons (Fsp3) is 0.520. The monoisotopic (exact) mass is 542 g/mol. The number of halogens is 4. The van der Waals surface area contributed by atoms with Crippen molar-refractivity contribution >= 4 is 12.0 Å². The molecule has 1 aliphatic heterocycles. The van der Waals surface area contributed by atoms with Crippen molar-refractivity contribution in [1.29, 1.82) is 0 Å². The van der Waals surface area contributed by atoms with Crippen molar-refractivity contribution in [1.82, 2.24) is 20.2 Å². The van der Waals surface area contributed by atoms with Crippen LogP contribution in [0.2, 0.25) is 0 Å². The highest BCUT2D eigenvalue weighted by Crippen LogP contribution is 2.30. The number of amides is 2. The number of hydrogen-bond acceptors (Lipinski definition) is 7. The van der Waals surface area contributed by atoms with E-state index in [-0.39, 0.29) is 38.6 Å². The van der Waals surface area contributed by atoms with Gasteiger partial charge >= 0.3 is 12.3 Å². The first-order valence-corrected chi connectivity index (χ1v) is 11.8. The van der Waals surface area contributed by atoms with E-state index in [0.717, 1.165) is 17.2 Å². The maximum atomic E-state index is 14.1. The Labute approximate surface area is 217 Å². The van der Waals surface area contributed by atoms with Crippen LogP contribution in [0.3, 0.4) is 0 Å². The van der Waals surface area contributed by atoms with Crippen LogP contribution < -0.4 is 10.1 Å². The van der Waals surface area contributed by atoms with Gasteiger partial charge in [-0.25, -0.2) is 14.2 Å². The first kappa shape index (κ1) is 29.1. The van der Waals surface area contributed by atoms with E-state index in [0.29, 0.717) is 16.8 Å². The number of methoxy groups -OCH3 is 1. The van der Waals surface area contributed by atoms with Crippen LogP contribution in [0.5, 0.6) is 5.88 Å². The van der Waals surface area contributed by atoms with Crippen LogP contribution in [0.4, 0.5) is 22.4 Å². The Bertz CT molecular complexity index is 1120. The summed E-state index contributed by atoms with van der Waals surface area (Å²) in [5.74, 6) is -0.440. The quantitative estimate of drug-likeness (QED) is 0.395. The van der Waals surface area contributed by atoms with Crippen molar-refractivity contribution in [2.24, 2.45) is 0 Å². The van der Waals surface area contributed by atoms with Crippen molar-refractivity contribution in [2.45, 2.75) is 57.7 Å². The smallest absolute Gasteiger partial charge is 0.433 e. The topological polar surface area (TPSA) is 103 Å². The first-order chi connectivity index (χ1) is 17.8. The van der Waals surface area contributed by atoms with Crippen LogP contribution in [-0.2, 0) is 27.0 Å². The van der Waals surface area contributed by atoms with Crippen LogP contribution in [0.25, 0.3) is 11.1 Å². The lowest BCUT2D eigenvalue weighted by molar-refractivity contribution is -0.141. The maximum absolute atomic E-state index is 14.1. The second-order valence-electron chi connectivity index (χ2n) is 9.66. The van der Waals surface area contributed by atoms with Gasteiger partial charge in [-0.05, 0) is 38.5 Å². The van der Waals surface area contributed by atoms with E-state index in [1.165, 1.54) is 19.2 Å². The van der Waals surface area contributed by atoms with Gasteiger partial charge in [-0.2, -0.15) is 13.2 Å². The van der Waals surface area contributed by atoms with Gasteiger partial charge in [0.1, 0.15) is 30.1 Å². The molecule has 3 rings (SSSR count). The Morgan fingerprint density at radius 2 is 1.87 bits per heavy atom. The molecule has 1 N–H and O–H groups in total. The van der Waals surface area contributed by atoms with Gasteiger partial charge in [0.25, 0.3) is 0 Å². The van der Waals surface area contributed by atoms with E-state index in [9.17, 15) is 27.2 Å². The number of carbonyl (C=O) groups excluding carboxylic acids is 2. The highest BCUT2D eigenvalue weighted by molar-refractivity contribution is 5.86. The minimum Gasteiger partial charge on any atom is -0.475 e. The molecular weight excluding hydrogens is 512 g/mol. The van der Waals surface area contributed by atoms with Gasteiger partial charge in [0.15, 0.2) is 0 Å².